The van der Waals surface area contributed by atoms with Crippen molar-refractivity contribution < 1.29 is 26.0 Å². The quantitative estimate of drug-likeness (QED) is 0.365. The monoisotopic (exact) mass is 463 g/mol. The van der Waals surface area contributed by atoms with Gasteiger partial charge in [-0.3, -0.25) is 0 Å². The maximum atomic E-state index is 12.1. The third kappa shape index (κ3) is 3.50. The van der Waals surface area contributed by atoms with Crippen molar-refractivity contribution in [2.24, 2.45) is 0 Å². The summed E-state index contributed by atoms with van der Waals surface area (Å²) in [5, 5.41) is 3.51. The second-order valence-corrected chi connectivity index (χ2v) is 8.53. The van der Waals surface area contributed by atoms with Gasteiger partial charge in [0, 0.05) is 6.20 Å². The summed E-state index contributed by atoms with van der Waals surface area (Å²) < 4.78 is 0.729. The van der Waals surface area contributed by atoms with Crippen LogP contribution in [0.5, 0.6) is 0 Å². The molecule has 0 unspecified atom stereocenters. The number of carbonyl (C=O) groups excluding carboxylic acids is 1. The van der Waals surface area contributed by atoms with Crippen LogP contribution in [0.25, 0.3) is 22.4 Å². The minimum atomic E-state index is -0.00315. The number of aromatic amines is 1. The first-order chi connectivity index (χ1) is 12.7. The van der Waals surface area contributed by atoms with Crippen LogP contribution in [0.3, 0.4) is 0 Å². The molecule has 4 rings (SSSR count). The summed E-state index contributed by atoms with van der Waals surface area (Å²) in [6.45, 7) is 1.55. The molecule has 8 heteroatoms. The molecule has 136 valence electrons. The number of hydrogen-bond acceptors (Lipinski definition) is 5. The standard InChI is InChI=1S/C18H20IN6O/c1-19-9-16(26)25-8-5-12(11-25)23-17-13(3-2-6-20-17)15-10-22-18-14(24-15)4-7-21-18/h2-4,6-7,10,12H,5,8-9,11H2,1H3,(H,20,23)(H,21,22)/q-1/t12-/m0/s1. The first kappa shape index (κ1) is 17.2. The first-order valence-corrected chi connectivity index (χ1v) is 12.2. The molecule has 26 heavy (non-hydrogen) atoms. The number of alkyl halides is 2. The van der Waals surface area contributed by atoms with Crippen LogP contribution in [-0.2, 0) is 4.79 Å². The van der Waals surface area contributed by atoms with E-state index in [0.717, 1.165) is 52.2 Å². The van der Waals surface area contributed by atoms with Gasteiger partial charge in [0.15, 0.2) is 0 Å². The summed E-state index contributed by atoms with van der Waals surface area (Å²) in [6.07, 6.45) is 6.30. The summed E-state index contributed by atoms with van der Waals surface area (Å²) >= 11 is -0.00315. The predicted molar refractivity (Wildman–Crippen MR) is 96.5 cm³/mol. The number of carbonyl (C=O) groups is 1. The molecule has 0 saturated carbocycles. The van der Waals surface area contributed by atoms with Gasteiger partial charge < -0.3 is 4.98 Å². The number of aromatic nitrogens is 4. The molecule has 1 atom stereocenters. The molecule has 1 aliphatic rings. The maximum absolute atomic E-state index is 12.1. The minimum absolute atomic E-state index is 0.00315. The predicted octanol–water partition coefficient (Wildman–Crippen LogP) is -1.25. The van der Waals surface area contributed by atoms with Crippen LogP contribution >= 0.6 is 0 Å². The third-order valence-corrected chi connectivity index (χ3v) is 5.89. The van der Waals surface area contributed by atoms with Gasteiger partial charge in [0.05, 0.1) is 0 Å². The van der Waals surface area contributed by atoms with E-state index in [1.807, 2.05) is 29.3 Å². The molecule has 3 aromatic rings. The van der Waals surface area contributed by atoms with E-state index in [9.17, 15) is 4.79 Å². The Balaban J connectivity index is 1.54. The Kier molecular flexibility index (Phi) is 5.00. The van der Waals surface area contributed by atoms with Crippen molar-refractivity contribution in [3.8, 4) is 11.3 Å². The van der Waals surface area contributed by atoms with Gasteiger partial charge >= 0.3 is 151 Å². The number of halogens is 1. The van der Waals surface area contributed by atoms with Gasteiger partial charge in [-0.1, -0.05) is 0 Å². The average Bonchev–Trinajstić information content (AvgIpc) is 3.31. The molecule has 7 nitrogen and oxygen atoms in total. The van der Waals surface area contributed by atoms with Crippen LogP contribution < -0.4 is 26.5 Å². The van der Waals surface area contributed by atoms with E-state index in [0.29, 0.717) is 0 Å². The van der Waals surface area contributed by atoms with E-state index in [4.69, 9.17) is 0 Å². The van der Waals surface area contributed by atoms with E-state index >= 15 is 0 Å². The van der Waals surface area contributed by atoms with E-state index < -0.39 is 0 Å². The van der Waals surface area contributed by atoms with Crippen molar-refractivity contribution in [1.82, 2.24) is 24.8 Å². The Hall–Kier alpha value is -2.23. The van der Waals surface area contributed by atoms with Crippen molar-refractivity contribution >= 4 is 22.9 Å². The van der Waals surface area contributed by atoms with Gasteiger partial charge in [0.25, 0.3) is 0 Å². The molecule has 3 aromatic heterocycles. The fourth-order valence-electron chi connectivity index (χ4n) is 3.18. The van der Waals surface area contributed by atoms with Crippen molar-refractivity contribution in [1.29, 1.82) is 0 Å². The molecule has 0 radical (unpaired) electrons. The molecule has 1 saturated heterocycles. The van der Waals surface area contributed by atoms with Crippen LogP contribution in [0.2, 0.25) is 0 Å². The molecule has 1 aliphatic heterocycles. The van der Waals surface area contributed by atoms with Crippen LogP contribution in [0, 0.1) is 0 Å². The summed E-state index contributed by atoms with van der Waals surface area (Å²) in [5.41, 5.74) is 3.32. The van der Waals surface area contributed by atoms with E-state index in [-0.39, 0.29) is 33.2 Å². The van der Waals surface area contributed by atoms with Gasteiger partial charge in [0.2, 0.25) is 0 Å². The summed E-state index contributed by atoms with van der Waals surface area (Å²) in [4.78, 5) is 32.9. The number of anilines is 1. The molecular formula is C18H20IN6O-. The van der Waals surface area contributed by atoms with E-state index in [1.54, 1.807) is 12.4 Å². The summed E-state index contributed by atoms with van der Waals surface area (Å²) in [6, 6.07) is 6.02. The van der Waals surface area contributed by atoms with Gasteiger partial charge in [-0.05, 0) is 0 Å². The number of amides is 1. The molecule has 1 fully saturated rings. The Morgan fingerprint density at radius 2 is 2.35 bits per heavy atom. The first-order valence-electron chi connectivity index (χ1n) is 8.48. The fraction of sp³-hybridized carbons (Fsp3) is 0.333. The van der Waals surface area contributed by atoms with Crippen LogP contribution in [-0.4, -0.2) is 59.2 Å². The van der Waals surface area contributed by atoms with Gasteiger partial charge in [-0.25, -0.2) is 0 Å². The van der Waals surface area contributed by atoms with Gasteiger partial charge in [-0.15, -0.1) is 0 Å². The molecular weight excluding hydrogens is 443 g/mol. The van der Waals surface area contributed by atoms with E-state index in [2.05, 4.69) is 30.2 Å². The number of pyridine rings is 1. The molecule has 0 spiro atoms. The fourth-order valence-corrected chi connectivity index (χ4v) is 4.32. The second-order valence-electron chi connectivity index (χ2n) is 6.24. The normalized spacial score (nSPS) is 17.1. The number of likely N-dealkylation sites (tertiary alicyclic amines) is 1. The Bertz CT molecular complexity index is 927. The summed E-state index contributed by atoms with van der Waals surface area (Å²) in [5.74, 6) is 1.08. The van der Waals surface area contributed by atoms with Gasteiger partial charge in [0.1, 0.15) is 0 Å². The number of fused-ring (bicyclic) bond motifs is 1. The summed E-state index contributed by atoms with van der Waals surface area (Å²) in [7, 11) is 0. The Labute approximate surface area is 161 Å². The molecule has 0 bridgehead atoms. The molecule has 0 aromatic carbocycles. The van der Waals surface area contributed by atoms with Crippen LogP contribution in [0.15, 0.2) is 36.8 Å². The van der Waals surface area contributed by atoms with Crippen LogP contribution in [0.1, 0.15) is 6.42 Å². The Morgan fingerprint density at radius 1 is 1.42 bits per heavy atom. The van der Waals surface area contributed by atoms with Crippen molar-refractivity contribution in [3.63, 3.8) is 0 Å². The van der Waals surface area contributed by atoms with Crippen LogP contribution in [0.4, 0.5) is 5.82 Å². The Morgan fingerprint density at radius 3 is 3.23 bits per heavy atom. The zero-order valence-corrected chi connectivity index (χ0v) is 16.6. The average molecular weight is 463 g/mol. The zero-order valence-electron chi connectivity index (χ0n) is 14.4. The third-order valence-electron chi connectivity index (χ3n) is 4.47. The molecule has 4 heterocycles. The number of rotatable bonds is 5. The number of hydrogen-bond donors (Lipinski definition) is 2. The number of nitrogens with zero attached hydrogens (tertiary/aromatic N) is 4. The number of H-pyrrole nitrogens is 1. The van der Waals surface area contributed by atoms with Gasteiger partial charge in [-0.2, -0.15) is 0 Å². The van der Waals surface area contributed by atoms with Crippen molar-refractivity contribution in [2.75, 3.05) is 27.8 Å². The second kappa shape index (κ2) is 7.56. The van der Waals surface area contributed by atoms with Crippen molar-refractivity contribution in [2.45, 2.75) is 12.5 Å². The molecule has 0 aliphatic carbocycles. The van der Waals surface area contributed by atoms with E-state index in [1.165, 1.54) is 0 Å². The van der Waals surface area contributed by atoms with Crippen molar-refractivity contribution in [3.05, 3.63) is 36.8 Å². The SMILES string of the molecule is C[I-]CC(=O)N1CC[C@H](Nc2ncccc2-c2cnc3[nH]ccc3n2)C1. The topological polar surface area (TPSA) is 86.8 Å². The molecule has 1 amide bonds. The zero-order chi connectivity index (χ0) is 17.9. The molecule has 2 N–H and O–H groups in total. The number of nitrogens with one attached hydrogen (secondary N) is 2.